The number of furan rings is 1. The van der Waals surface area contributed by atoms with Gasteiger partial charge in [-0.2, -0.15) is 13.2 Å². The Morgan fingerprint density at radius 3 is 2.16 bits per heavy atom. The second kappa shape index (κ2) is 5.36. The maximum absolute atomic E-state index is 12.5. The van der Waals surface area contributed by atoms with Crippen molar-refractivity contribution in [2.75, 3.05) is 0 Å². The van der Waals surface area contributed by atoms with E-state index in [1.807, 2.05) is 0 Å². The van der Waals surface area contributed by atoms with Crippen LogP contribution in [0.1, 0.15) is 22.9 Å². The van der Waals surface area contributed by atoms with Crippen LogP contribution in [0.3, 0.4) is 0 Å². The van der Waals surface area contributed by atoms with E-state index in [2.05, 4.69) is 21.4 Å². The van der Waals surface area contributed by atoms with Crippen molar-refractivity contribution in [2.45, 2.75) is 12.2 Å². The number of nitrogens with two attached hydrogens (primary N) is 1. The predicted octanol–water partition coefficient (Wildman–Crippen LogP) is 3.61. The summed E-state index contributed by atoms with van der Waals surface area (Å²) in [6.45, 7) is 0. The van der Waals surface area contributed by atoms with Gasteiger partial charge in [0.15, 0.2) is 4.67 Å². The van der Waals surface area contributed by atoms with Crippen molar-refractivity contribution in [1.29, 1.82) is 0 Å². The van der Waals surface area contributed by atoms with Crippen LogP contribution in [-0.2, 0) is 6.18 Å². The quantitative estimate of drug-likeness (QED) is 0.665. The molecule has 19 heavy (non-hydrogen) atoms. The van der Waals surface area contributed by atoms with E-state index in [1.54, 1.807) is 12.1 Å². The van der Waals surface area contributed by atoms with E-state index >= 15 is 0 Å². The zero-order valence-electron chi connectivity index (χ0n) is 9.54. The molecule has 3 N–H and O–H groups in total. The molecule has 0 aliphatic rings. The SMILES string of the molecule is NNC(c1ccc(C(F)(F)F)cc1)c1ccc(Br)o1. The van der Waals surface area contributed by atoms with E-state index in [0.717, 1.165) is 12.1 Å². The summed E-state index contributed by atoms with van der Waals surface area (Å²) in [6, 6.07) is 7.62. The third-order valence-corrected chi connectivity index (χ3v) is 3.04. The molecule has 0 saturated carbocycles. The molecule has 1 atom stereocenters. The van der Waals surface area contributed by atoms with Crippen LogP contribution in [0.2, 0.25) is 0 Å². The minimum atomic E-state index is -4.35. The number of nitrogens with one attached hydrogen (secondary N) is 1. The molecule has 0 amide bonds. The predicted molar refractivity (Wildman–Crippen MR) is 67.0 cm³/mol. The van der Waals surface area contributed by atoms with Gasteiger partial charge in [0.1, 0.15) is 11.8 Å². The molecule has 1 aromatic heterocycles. The molecule has 0 aliphatic heterocycles. The van der Waals surface area contributed by atoms with E-state index in [-0.39, 0.29) is 0 Å². The lowest BCUT2D eigenvalue weighted by Gasteiger charge is -2.15. The van der Waals surface area contributed by atoms with Gasteiger partial charge in [-0.05, 0) is 45.8 Å². The van der Waals surface area contributed by atoms with Crippen molar-refractivity contribution in [1.82, 2.24) is 5.43 Å². The van der Waals surface area contributed by atoms with Crippen LogP contribution in [0.5, 0.6) is 0 Å². The van der Waals surface area contributed by atoms with Gasteiger partial charge in [-0.3, -0.25) is 5.84 Å². The lowest BCUT2D eigenvalue weighted by atomic mass is 10.0. The zero-order valence-corrected chi connectivity index (χ0v) is 11.1. The van der Waals surface area contributed by atoms with E-state index in [9.17, 15) is 13.2 Å². The Hall–Kier alpha value is -1.31. The van der Waals surface area contributed by atoms with Gasteiger partial charge in [0.05, 0.1) is 5.56 Å². The largest absolute Gasteiger partial charge is 0.452 e. The van der Waals surface area contributed by atoms with Gasteiger partial charge < -0.3 is 4.42 Å². The normalized spacial score (nSPS) is 13.5. The van der Waals surface area contributed by atoms with Crippen LogP contribution in [0.15, 0.2) is 45.5 Å². The van der Waals surface area contributed by atoms with Crippen molar-refractivity contribution >= 4 is 15.9 Å². The van der Waals surface area contributed by atoms with Gasteiger partial charge in [0.2, 0.25) is 0 Å². The highest BCUT2D eigenvalue weighted by Gasteiger charge is 2.30. The number of benzene rings is 1. The molecular formula is C12H10BrF3N2O. The average Bonchev–Trinajstić information content (AvgIpc) is 2.76. The highest BCUT2D eigenvalue weighted by molar-refractivity contribution is 9.10. The summed E-state index contributed by atoms with van der Waals surface area (Å²) in [4.78, 5) is 0. The Morgan fingerprint density at radius 2 is 1.74 bits per heavy atom. The first-order valence-electron chi connectivity index (χ1n) is 5.30. The lowest BCUT2D eigenvalue weighted by Crippen LogP contribution is -2.28. The van der Waals surface area contributed by atoms with Gasteiger partial charge in [-0.1, -0.05) is 12.1 Å². The number of hydrazine groups is 1. The average molecular weight is 335 g/mol. The molecule has 0 spiro atoms. The summed E-state index contributed by atoms with van der Waals surface area (Å²) >= 11 is 3.16. The summed E-state index contributed by atoms with van der Waals surface area (Å²) in [5, 5.41) is 0. The first-order chi connectivity index (χ1) is 8.91. The number of halogens is 4. The second-order valence-electron chi connectivity index (χ2n) is 3.86. The Morgan fingerprint density at radius 1 is 1.11 bits per heavy atom. The Kier molecular flexibility index (Phi) is 3.98. The molecular weight excluding hydrogens is 325 g/mol. The Labute approximate surface area is 115 Å². The van der Waals surface area contributed by atoms with E-state index in [1.165, 1.54) is 12.1 Å². The topological polar surface area (TPSA) is 51.2 Å². The zero-order chi connectivity index (χ0) is 14.0. The van der Waals surface area contributed by atoms with E-state index in [4.69, 9.17) is 10.3 Å². The first kappa shape index (κ1) is 14.1. The van der Waals surface area contributed by atoms with Crippen LogP contribution in [0, 0.1) is 0 Å². The fraction of sp³-hybridized carbons (Fsp3) is 0.167. The monoisotopic (exact) mass is 334 g/mol. The number of hydrogen-bond donors (Lipinski definition) is 2. The van der Waals surface area contributed by atoms with Crippen LogP contribution >= 0.6 is 15.9 Å². The van der Waals surface area contributed by atoms with Gasteiger partial charge >= 0.3 is 6.18 Å². The number of rotatable bonds is 3. The third kappa shape index (κ3) is 3.17. The van der Waals surface area contributed by atoms with Crippen LogP contribution in [0.25, 0.3) is 0 Å². The minimum absolute atomic E-state index is 0.506. The Balaban J connectivity index is 2.30. The second-order valence-corrected chi connectivity index (χ2v) is 4.64. The first-order valence-corrected chi connectivity index (χ1v) is 6.09. The van der Waals surface area contributed by atoms with Crippen LogP contribution < -0.4 is 11.3 Å². The van der Waals surface area contributed by atoms with Crippen LogP contribution in [0.4, 0.5) is 13.2 Å². The fourth-order valence-corrected chi connectivity index (χ4v) is 2.01. The molecule has 0 bridgehead atoms. The van der Waals surface area contributed by atoms with Gasteiger partial charge in [-0.25, -0.2) is 5.43 Å². The van der Waals surface area contributed by atoms with Crippen molar-refractivity contribution < 1.29 is 17.6 Å². The molecule has 2 aromatic rings. The maximum Gasteiger partial charge on any atom is 0.416 e. The van der Waals surface area contributed by atoms with Gasteiger partial charge in [0.25, 0.3) is 0 Å². The molecule has 0 radical (unpaired) electrons. The standard InChI is InChI=1S/C12H10BrF3N2O/c13-10-6-5-9(19-10)11(18-17)7-1-3-8(4-2-7)12(14,15)16/h1-6,11,18H,17H2. The highest BCUT2D eigenvalue weighted by atomic mass is 79.9. The van der Waals surface area contributed by atoms with E-state index in [0.29, 0.717) is 16.0 Å². The summed E-state index contributed by atoms with van der Waals surface area (Å²) in [7, 11) is 0. The highest BCUT2D eigenvalue weighted by Crippen LogP contribution is 2.31. The van der Waals surface area contributed by atoms with Crippen molar-refractivity contribution in [3.63, 3.8) is 0 Å². The molecule has 3 nitrogen and oxygen atoms in total. The Bertz CT molecular complexity index is 551. The van der Waals surface area contributed by atoms with Crippen molar-refractivity contribution in [2.24, 2.45) is 5.84 Å². The minimum Gasteiger partial charge on any atom is -0.452 e. The smallest absolute Gasteiger partial charge is 0.416 e. The summed E-state index contributed by atoms with van der Waals surface area (Å²) in [6.07, 6.45) is -4.35. The van der Waals surface area contributed by atoms with Crippen molar-refractivity contribution in [3.05, 3.63) is 58.0 Å². The maximum atomic E-state index is 12.5. The molecule has 2 rings (SSSR count). The molecule has 0 fully saturated rings. The lowest BCUT2D eigenvalue weighted by molar-refractivity contribution is -0.137. The molecule has 1 aromatic carbocycles. The molecule has 1 heterocycles. The molecule has 7 heteroatoms. The van der Waals surface area contributed by atoms with Gasteiger partial charge in [-0.15, -0.1) is 0 Å². The molecule has 102 valence electrons. The van der Waals surface area contributed by atoms with Crippen LogP contribution in [-0.4, -0.2) is 0 Å². The summed E-state index contributed by atoms with van der Waals surface area (Å²) in [5.74, 6) is 5.93. The molecule has 0 aliphatic carbocycles. The van der Waals surface area contributed by atoms with E-state index < -0.39 is 17.8 Å². The molecule has 0 saturated heterocycles. The number of hydrogen-bond acceptors (Lipinski definition) is 3. The summed E-state index contributed by atoms with van der Waals surface area (Å²) in [5.41, 5.74) is 2.39. The van der Waals surface area contributed by atoms with Gasteiger partial charge in [0, 0.05) is 0 Å². The fourth-order valence-electron chi connectivity index (χ4n) is 1.69. The third-order valence-electron chi connectivity index (χ3n) is 2.62. The molecule has 1 unspecified atom stereocenters. The van der Waals surface area contributed by atoms with Crippen molar-refractivity contribution in [3.8, 4) is 0 Å². The number of alkyl halides is 3. The summed E-state index contributed by atoms with van der Waals surface area (Å²) < 4.78 is 43.3.